The van der Waals surface area contributed by atoms with Gasteiger partial charge >= 0.3 is 5.97 Å². The Labute approximate surface area is 211 Å². The topological polar surface area (TPSA) is 77.5 Å². The molecule has 2 saturated carbocycles. The normalized spacial score (nSPS) is 31.1. The van der Waals surface area contributed by atoms with Crippen LogP contribution in [0, 0.1) is 30.1 Å². The molecule has 188 valence electrons. The van der Waals surface area contributed by atoms with Gasteiger partial charge in [0.25, 0.3) is 0 Å². The summed E-state index contributed by atoms with van der Waals surface area (Å²) in [6.45, 7) is 5.84. The fourth-order valence-electron chi connectivity index (χ4n) is 7.51. The largest absolute Gasteiger partial charge is 0.497 e. The number of aromatic nitrogens is 1. The molecule has 6 atom stereocenters. The zero-order valence-corrected chi connectivity index (χ0v) is 22.0. The van der Waals surface area contributed by atoms with Crippen molar-refractivity contribution in [2.45, 2.75) is 77.7 Å². The minimum absolute atomic E-state index is 0.0189. The smallest absolute Gasteiger partial charge is 0.302 e. The quantitative estimate of drug-likeness (QED) is 0.504. The van der Waals surface area contributed by atoms with Crippen molar-refractivity contribution in [1.29, 1.82) is 0 Å². The molecule has 6 unspecified atom stereocenters. The van der Waals surface area contributed by atoms with E-state index in [0.717, 1.165) is 49.2 Å². The summed E-state index contributed by atoms with van der Waals surface area (Å²) >= 11 is 1.50. The van der Waals surface area contributed by atoms with Crippen molar-refractivity contribution < 1.29 is 19.1 Å². The standard InChI is InChI=1S/C28H36N2O4S/c1-16-15-29-27(35-16)30-25(32)10-6-19-14-24(34-17(2)31)28(3)12-11-22-21-9-7-20(33-4)13-18(21)5-8-23(22)26(19)28/h7,9,13,15,19,22-24,26H,5-6,8,10-12,14H2,1-4H3,(H,29,30,32). The van der Waals surface area contributed by atoms with E-state index >= 15 is 0 Å². The first-order valence-corrected chi connectivity index (χ1v) is 13.7. The predicted molar refractivity (Wildman–Crippen MR) is 137 cm³/mol. The van der Waals surface area contributed by atoms with Crippen LogP contribution in [0.15, 0.2) is 24.4 Å². The number of aryl methyl sites for hydroxylation is 2. The third-order valence-electron chi connectivity index (χ3n) is 8.91. The molecule has 0 aliphatic heterocycles. The molecule has 6 nitrogen and oxygen atoms in total. The van der Waals surface area contributed by atoms with Gasteiger partial charge in [0.1, 0.15) is 11.9 Å². The lowest BCUT2D eigenvalue weighted by Crippen LogP contribution is -2.46. The van der Waals surface area contributed by atoms with Crippen LogP contribution in [0.4, 0.5) is 5.13 Å². The second-order valence-corrected chi connectivity index (χ2v) is 12.1. The highest BCUT2D eigenvalue weighted by Crippen LogP contribution is 2.64. The molecule has 35 heavy (non-hydrogen) atoms. The van der Waals surface area contributed by atoms with Crippen molar-refractivity contribution in [2.75, 3.05) is 12.4 Å². The third-order valence-corrected chi connectivity index (χ3v) is 9.74. The van der Waals surface area contributed by atoms with Crippen molar-refractivity contribution >= 4 is 28.3 Å². The summed E-state index contributed by atoms with van der Waals surface area (Å²) in [5, 5.41) is 3.63. The van der Waals surface area contributed by atoms with Gasteiger partial charge in [-0.2, -0.15) is 0 Å². The van der Waals surface area contributed by atoms with Crippen LogP contribution in [0.1, 0.15) is 74.3 Å². The van der Waals surface area contributed by atoms with E-state index in [4.69, 9.17) is 9.47 Å². The summed E-state index contributed by atoms with van der Waals surface area (Å²) in [5.41, 5.74) is 2.85. The fraction of sp³-hybridized carbons (Fsp3) is 0.607. The molecule has 1 aromatic heterocycles. The lowest BCUT2D eigenvalue weighted by Gasteiger charge is -2.51. The maximum absolute atomic E-state index is 12.7. The number of hydrogen-bond donors (Lipinski definition) is 1. The number of esters is 1. The highest BCUT2D eigenvalue weighted by Gasteiger charge is 2.59. The molecule has 1 aromatic carbocycles. The second-order valence-electron chi connectivity index (χ2n) is 10.9. The second kappa shape index (κ2) is 9.57. The predicted octanol–water partition coefficient (Wildman–Crippen LogP) is 5.89. The van der Waals surface area contributed by atoms with E-state index in [9.17, 15) is 9.59 Å². The summed E-state index contributed by atoms with van der Waals surface area (Å²) in [5.74, 6) is 2.62. The first-order chi connectivity index (χ1) is 16.8. The number of ether oxygens (including phenoxy) is 2. The number of amides is 1. The van der Waals surface area contributed by atoms with E-state index in [1.807, 2.05) is 6.92 Å². The number of thiazole rings is 1. The molecule has 2 fully saturated rings. The number of rotatable bonds is 6. The Morgan fingerprint density at radius 2 is 2.11 bits per heavy atom. The number of benzene rings is 1. The Balaban J connectivity index is 1.37. The van der Waals surface area contributed by atoms with Crippen LogP contribution >= 0.6 is 11.3 Å². The maximum Gasteiger partial charge on any atom is 0.302 e. The van der Waals surface area contributed by atoms with Crippen molar-refractivity contribution in [3.8, 4) is 5.75 Å². The molecule has 0 saturated heterocycles. The SMILES string of the molecule is COc1ccc2c(c1)CCC1C2CCC2(C)C(OC(C)=O)CC(CCC(=O)Nc3ncc(C)s3)C12. The van der Waals surface area contributed by atoms with E-state index in [2.05, 4.69) is 35.4 Å². The zero-order chi connectivity index (χ0) is 24.7. The fourth-order valence-corrected chi connectivity index (χ4v) is 8.19. The molecule has 3 aliphatic rings. The monoisotopic (exact) mass is 496 g/mol. The maximum atomic E-state index is 12.7. The molecule has 1 heterocycles. The zero-order valence-electron chi connectivity index (χ0n) is 21.1. The average Bonchev–Trinajstić information content (AvgIpc) is 3.36. The lowest BCUT2D eigenvalue weighted by molar-refractivity contribution is -0.154. The molecule has 7 heteroatoms. The van der Waals surface area contributed by atoms with E-state index in [-0.39, 0.29) is 23.4 Å². The van der Waals surface area contributed by atoms with Crippen LogP contribution < -0.4 is 10.1 Å². The number of methoxy groups -OCH3 is 1. The van der Waals surface area contributed by atoms with Crippen molar-refractivity contribution in [3.63, 3.8) is 0 Å². The molecular weight excluding hydrogens is 460 g/mol. The Hall–Kier alpha value is -2.41. The van der Waals surface area contributed by atoms with Crippen LogP contribution in [0.2, 0.25) is 0 Å². The van der Waals surface area contributed by atoms with Gasteiger partial charge in [-0.3, -0.25) is 9.59 Å². The van der Waals surface area contributed by atoms with Crippen molar-refractivity contribution in [1.82, 2.24) is 4.98 Å². The number of nitrogens with zero attached hydrogens (tertiary/aromatic N) is 1. The van der Waals surface area contributed by atoms with Gasteiger partial charge in [-0.15, -0.1) is 11.3 Å². The van der Waals surface area contributed by atoms with Gasteiger partial charge in [0, 0.05) is 29.8 Å². The number of hydrogen-bond acceptors (Lipinski definition) is 6. The highest BCUT2D eigenvalue weighted by atomic mass is 32.1. The Bertz CT molecular complexity index is 1110. The van der Waals surface area contributed by atoms with Gasteiger partial charge in [-0.1, -0.05) is 13.0 Å². The summed E-state index contributed by atoms with van der Waals surface area (Å²) < 4.78 is 11.4. The van der Waals surface area contributed by atoms with E-state index < -0.39 is 0 Å². The highest BCUT2D eigenvalue weighted by molar-refractivity contribution is 7.15. The van der Waals surface area contributed by atoms with Gasteiger partial charge in [0.05, 0.1) is 7.11 Å². The number of carbonyl (C=O) groups is 2. The molecule has 0 radical (unpaired) electrons. The minimum atomic E-state index is -0.198. The van der Waals surface area contributed by atoms with Gasteiger partial charge in [0.15, 0.2) is 5.13 Å². The van der Waals surface area contributed by atoms with Crippen LogP contribution in [-0.2, 0) is 20.7 Å². The van der Waals surface area contributed by atoms with Crippen molar-refractivity contribution in [3.05, 3.63) is 40.4 Å². The Kier molecular flexibility index (Phi) is 6.64. The van der Waals surface area contributed by atoms with Gasteiger partial charge < -0.3 is 14.8 Å². The van der Waals surface area contributed by atoms with Crippen LogP contribution in [0.25, 0.3) is 0 Å². The molecule has 2 aromatic rings. The van der Waals surface area contributed by atoms with Crippen LogP contribution in [-0.4, -0.2) is 30.1 Å². The molecule has 3 aliphatic carbocycles. The number of nitrogens with one attached hydrogen (secondary N) is 1. The molecule has 1 amide bonds. The Morgan fingerprint density at radius 1 is 1.29 bits per heavy atom. The van der Waals surface area contributed by atoms with E-state index in [0.29, 0.717) is 35.2 Å². The third kappa shape index (κ3) is 4.59. The summed E-state index contributed by atoms with van der Waals surface area (Å²) in [6, 6.07) is 6.57. The Morgan fingerprint density at radius 3 is 2.83 bits per heavy atom. The number of anilines is 1. The van der Waals surface area contributed by atoms with Gasteiger partial charge in [0.2, 0.25) is 5.91 Å². The van der Waals surface area contributed by atoms with Gasteiger partial charge in [-0.25, -0.2) is 4.98 Å². The summed E-state index contributed by atoms with van der Waals surface area (Å²) in [7, 11) is 1.73. The number of fused-ring (bicyclic) bond motifs is 5. The van der Waals surface area contributed by atoms with E-state index in [1.54, 1.807) is 13.3 Å². The van der Waals surface area contributed by atoms with Crippen LogP contribution in [0.3, 0.4) is 0 Å². The van der Waals surface area contributed by atoms with Gasteiger partial charge in [-0.05, 0) is 92.4 Å². The number of carbonyl (C=O) groups excluding carboxylic acids is 2. The average molecular weight is 497 g/mol. The lowest BCUT2D eigenvalue weighted by atomic mass is 9.53. The first-order valence-electron chi connectivity index (χ1n) is 12.8. The molecule has 0 spiro atoms. The molecule has 0 bridgehead atoms. The van der Waals surface area contributed by atoms with E-state index in [1.165, 1.54) is 29.4 Å². The van der Waals surface area contributed by atoms with Crippen molar-refractivity contribution in [2.24, 2.45) is 23.2 Å². The molecule has 5 rings (SSSR count). The van der Waals surface area contributed by atoms with Crippen LogP contribution in [0.5, 0.6) is 5.75 Å². The molecular formula is C28H36N2O4S. The molecule has 1 N–H and O–H groups in total. The summed E-state index contributed by atoms with van der Waals surface area (Å²) in [4.78, 5) is 30.1. The first kappa shape index (κ1) is 24.3. The minimum Gasteiger partial charge on any atom is -0.497 e. The summed E-state index contributed by atoms with van der Waals surface area (Å²) in [6.07, 6.45) is 8.19.